The number of carbonyl (C=O) groups is 2. The first kappa shape index (κ1) is 26.5. The SMILES string of the molecule is CCNC(=O)[C@@H](CC)N(Cc1ccc(OC)cc1)C(=O)CN(c1ccc(Cl)cc1)S(C)(=O)=O. The average Bonchev–Trinajstić information content (AvgIpc) is 2.77. The molecule has 0 spiro atoms. The molecule has 2 aromatic carbocycles. The number of ether oxygens (including phenoxy) is 1. The first-order chi connectivity index (χ1) is 15.6. The van der Waals surface area contributed by atoms with Crippen LogP contribution < -0.4 is 14.4 Å². The van der Waals surface area contributed by atoms with E-state index >= 15 is 0 Å². The van der Waals surface area contributed by atoms with Gasteiger partial charge in [0.1, 0.15) is 18.3 Å². The molecule has 0 unspecified atom stereocenters. The number of benzene rings is 2. The summed E-state index contributed by atoms with van der Waals surface area (Å²) in [7, 11) is -2.22. The number of amides is 2. The Hall–Kier alpha value is -2.78. The first-order valence-corrected chi connectivity index (χ1v) is 12.8. The van der Waals surface area contributed by atoms with Crippen LogP contribution in [0.15, 0.2) is 48.5 Å². The van der Waals surface area contributed by atoms with Gasteiger partial charge in [-0.1, -0.05) is 30.7 Å². The molecule has 180 valence electrons. The largest absolute Gasteiger partial charge is 0.497 e. The van der Waals surface area contributed by atoms with Gasteiger partial charge in [-0.3, -0.25) is 13.9 Å². The Morgan fingerprint density at radius 1 is 1.06 bits per heavy atom. The lowest BCUT2D eigenvalue weighted by Crippen LogP contribution is -2.52. The van der Waals surface area contributed by atoms with Crippen LogP contribution in [0.4, 0.5) is 5.69 Å². The van der Waals surface area contributed by atoms with Gasteiger partial charge in [-0.05, 0) is 55.3 Å². The molecule has 0 aromatic heterocycles. The van der Waals surface area contributed by atoms with E-state index in [4.69, 9.17) is 16.3 Å². The Balaban J connectivity index is 2.40. The van der Waals surface area contributed by atoms with Crippen LogP contribution in [-0.4, -0.2) is 57.6 Å². The third-order valence-corrected chi connectivity index (χ3v) is 6.44. The molecule has 0 heterocycles. The second-order valence-corrected chi connectivity index (χ2v) is 9.78. The van der Waals surface area contributed by atoms with E-state index in [0.717, 1.165) is 16.1 Å². The molecule has 2 rings (SSSR count). The van der Waals surface area contributed by atoms with Crippen LogP contribution in [0, 0.1) is 0 Å². The zero-order valence-corrected chi connectivity index (χ0v) is 20.8. The number of nitrogens with one attached hydrogen (secondary N) is 1. The van der Waals surface area contributed by atoms with Crippen molar-refractivity contribution in [3.63, 3.8) is 0 Å². The average molecular weight is 496 g/mol. The summed E-state index contributed by atoms with van der Waals surface area (Å²) in [6.07, 6.45) is 1.40. The second kappa shape index (κ2) is 11.9. The van der Waals surface area contributed by atoms with Gasteiger partial charge in [0.05, 0.1) is 19.1 Å². The number of nitrogens with zero attached hydrogens (tertiary/aromatic N) is 2. The summed E-state index contributed by atoms with van der Waals surface area (Å²) in [5, 5.41) is 3.20. The Morgan fingerprint density at radius 3 is 2.15 bits per heavy atom. The summed E-state index contributed by atoms with van der Waals surface area (Å²) in [5.41, 5.74) is 1.09. The lowest BCUT2D eigenvalue weighted by molar-refractivity contribution is -0.140. The molecule has 0 radical (unpaired) electrons. The zero-order chi connectivity index (χ0) is 24.6. The topological polar surface area (TPSA) is 96.0 Å². The van der Waals surface area contributed by atoms with Crippen molar-refractivity contribution >= 4 is 39.1 Å². The van der Waals surface area contributed by atoms with Crippen molar-refractivity contribution in [3.05, 3.63) is 59.1 Å². The molecule has 0 aliphatic carbocycles. The Bertz CT molecular complexity index is 1040. The van der Waals surface area contributed by atoms with Crippen molar-refractivity contribution in [1.82, 2.24) is 10.2 Å². The van der Waals surface area contributed by atoms with Crippen LogP contribution in [0.2, 0.25) is 5.02 Å². The third kappa shape index (κ3) is 7.36. The summed E-state index contributed by atoms with van der Waals surface area (Å²) in [5.74, 6) is -0.123. The number of rotatable bonds is 11. The number of halogens is 1. The smallest absolute Gasteiger partial charge is 0.244 e. The first-order valence-electron chi connectivity index (χ1n) is 10.5. The fraction of sp³-hybridized carbons (Fsp3) is 0.391. The molecule has 0 saturated carbocycles. The number of carbonyl (C=O) groups excluding carboxylic acids is 2. The van der Waals surface area contributed by atoms with Crippen LogP contribution in [0.5, 0.6) is 5.75 Å². The highest BCUT2D eigenvalue weighted by Gasteiger charge is 2.31. The molecule has 0 aliphatic rings. The normalized spacial score (nSPS) is 12.0. The molecule has 1 N–H and O–H groups in total. The molecule has 0 saturated heterocycles. The van der Waals surface area contributed by atoms with Gasteiger partial charge < -0.3 is 15.0 Å². The van der Waals surface area contributed by atoms with Gasteiger partial charge in [-0.2, -0.15) is 0 Å². The zero-order valence-electron chi connectivity index (χ0n) is 19.2. The van der Waals surface area contributed by atoms with Gasteiger partial charge in [-0.15, -0.1) is 0 Å². The minimum absolute atomic E-state index is 0.136. The number of methoxy groups -OCH3 is 1. The monoisotopic (exact) mass is 495 g/mol. The maximum atomic E-state index is 13.5. The van der Waals surface area contributed by atoms with Crippen LogP contribution in [0.3, 0.4) is 0 Å². The quantitative estimate of drug-likeness (QED) is 0.517. The van der Waals surface area contributed by atoms with Gasteiger partial charge in [0.15, 0.2) is 0 Å². The van der Waals surface area contributed by atoms with Crippen LogP contribution >= 0.6 is 11.6 Å². The fourth-order valence-electron chi connectivity index (χ4n) is 3.36. The van der Waals surface area contributed by atoms with E-state index in [9.17, 15) is 18.0 Å². The minimum Gasteiger partial charge on any atom is -0.497 e. The molecule has 2 aromatic rings. The molecule has 0 bridgehead atoms. The van der Waals surface area contributed by atoms with E-state index in [0.29, 0.717) is 29.4 Å². The predicted octanol–water partition coefficient (Wildman–Crippen LogP) is 3.06. The number of anilines is 1. The van der Waals surface area contributed by atoms with Gasteiger partial charge in [0.2, 0.25) is 21.8 Å². The highest BCUT2D eigenvalue weighted by atomic mass is 35.5. The van der Waals surface area contributed by atoms with Gasteiger partial charge in [0.25, 0.3) is 0 Å². The van der Waals surface area contributed by atoms with E-state index < -0.39 is 28.5 Å². The highest BCUT2D eigenvalue weighted by Crippen LogP contribution is 2.22. The summed E-state index contributed by atoms with van der Waals surface area (Å²) >= 11 is 5.93. The molecular formula is C23H30ClN3O5S. The van der Waals surface area contributed by atoms with Crippen molar-refractivity contribution in [3.8, 4) is 5.75 Å². The standard InChI is InChI=1S/C23H30ClN3O5S/c1-5-21(23(29)25-6-2)26(15-17-7-13-20(32-3)14-8-17)22(28)16-27(33(4,30)31)19-11-9-18(24)10-12-19/h7-14,21H,5-6,15-16H2,1-4H3,(H,25,29)/t21-/m1/s1. The van der Waals surface area contributed by atoms with E-state index in [-0.39, 0.29) is 12.5 Å². The molecule has 1 atom stereocenters. The highest BCUT2D eigenvalue weighted by molar-refractivity contribution is 7.92. The Kier molecular flexibility index (Phi) is 9.55. The lowest BCUT2D eigenvalue weighted by Gasteiger charge is -2.32. The summed E-state index contributed by atoms with van der Waals surface area (Å²) < 4.78 is 31.2. The van der Waals surface area contributed by atoms with E-state index in [2.05, 4.69) is 5.32 Å². The maximum Gasteiger partial charge on any atom is 0.244 e. The molecule has 2 amide bonds. The molecule has 10 heteroatoms. The maximum absolute atomic E-state index is 13.5. The van der Waals surface area contributed by atoms with Gasteiger partial charge in [-0.25, -0.2) is 8.42 Å². The molecule has 33 heavy (non-hydrogen) atoms. The Morgan fingerprint density at radius 2 is 1.67 bits per heavy atom. The van der Waals surface area contributed by atoms with Crippen LogP contribution in [0.25, 0.3) is 0 Å². The van der Waals surface area contributed by atoms with E-state index in [1.165, 1.54) is 17.0 Å². The van der Waals surface area contributed by atoms with E-state index in [1.54, 1.807) is 50.4 Å². The molecule has 0 aliphatic heterocycles. The number of hydrogen-bond acceptors (Lipinski definition) is 5. The Labute approximate surface area is 200 Å². The third-order valence-electron chi connectivity index (χ3n) is 5.04. The number of likely N-dealkylation sites (N-methyl/N-ethyl adjacent to an activating group) is 1. The van der Waals surface area contributed by atoms with Crippen molar-refractivity contribution in [2.75, 3.05) is 30.8 Å². The summed E-state index contributed by atoms with van der Waals surface area (Å²) in [6, 6.07) is 12.6. The summed E-state index contributed by atoms with van der Waals surface area (Å²) in [4.78, 5) is 27.6. The van der Waals surface area contributed by atoms with Crippen molar-refractivity contribution in [2.45, 2.75) is 32.9 Å². The van der Waals surface area contributed by atoms with Crippen molar-refractivity contribution < 1.29 is 22.7 Å². The summed E-state index contributed by atoms with van der Waals surface area (Å²) in [6.45, 7) is 3.71. The molecule has 8 nitrogen and oxygen atoms in total. The minimum atomic E-state index is -3.78. The van der Waals surface area contributed by atoms with Crippen LogP contribution in [0.1, 0.15) is 25.8 Å². The van der Waals surface area contributed by atoms with Gasteiger partial charge >= 0.3 is 0 Å². The van der Waals surface area contributed by atoms with Gasteiger partial charge in [0, 0.05) is 18.1 Å². The number of hydrogen-bond donors (Lipinski definition) is 1. The second-order valence-electron chi connectivity index (χ2n) is 7.43. The fourth-order valence-corrected chi connectivity index (χ4v) is 4.34. The molecule has 0 fully saturated rings. The van der Waals surface area contributed by atoms with Crippen LogP contribution in [-0.2, 0) is 26.2 Å². The van der Waals surface area contributed by atoms with Crippen molar-refractivity contribution in [1.29, 1.82) is 0 Å². The van der Waals surface area contributed by atoms with E-state index in [1.807, 2.05) is 6.92 Å². The predicted molar refractivity (Wildman–Crippen MR) is 130 cm³/mol. The van der Waals surface area contributed by atoms with Crippen molar-refractivity contribution in [2.24, 2.45) is 0 Å². The number of sulfonamides is 1. The lowest BCUT2D eigenvalue weighted by atomic mass is 10.1. The molecular weight excluding hydrogens is 466 g/mol.